The molecule has 110 valence electrons. The third-order valence-electron chi connectivity index (χ3n) is 3.32. The lowest BCUT2D eigenvalue weighted by molar-refractivity contribution is 0.0982. The molecule has 4 heteroatoms. The van der Waals surface area contributed by atoms with Crippen LogP contribution in [0.1, 0.15) is 22.3 Å². The third-order valence-corrected chi connectivity index (χ3v) is 3.32. The largest absolute Gasteiger partial charge is 0.330 e. The fourth-order valence-corrected chi connectivity index (χ4v) is 2.16. The van der Waals surface area contributed by atoms with E-state index in [1.54, 1.807) is 24.0 Å². The summed E-state index contributed by atoms with van der Waals surface area (Å²) in [7, 11) is 0. The van der Waals surface area contributed by atoms with Crippen LogP contribution in [0.2, 0.25) is 0 Å². The summed E-state index contributed by atoms with van der Waals surface area (Å²) in [5.41, 5.74) is 6.84. The summed E-state index contributed by atoms with van der Waals surface area (Å²) in [4.78, 5) is 14.2. The minimum atomic E-state index is -0.462. The zero-order valence-electron chi connectivity index (χ0n) is 12.1. The van der Waals surface area contributed by atoms with E-state index in [0.717, 1.165) is 5.69 Å². The van der Waals surface area contributed by atoms with Crippen LogP contribution in [0.3, 0.4) is 0 Å². The predicted molar refractivity (Wildman–Crippen MR) is 82.9 cm³/mol. The second kappa shape index (κ2) is 6.99. The highest BCUT2D eigenvalue weighted by atomic mass is 19.1. The molecule has 0 aliphatic heterocycles. The summed E-state index contributed by atoms with van der Waals surface area (Å²) in [6.07, 6.45) is 0.661. The molecule has 2 rings (SSSR count). The van der Waals surface area contributed by atoms with Gasteiger partial charge in [-0.15, -0.1) is 0 Å². The molecule has 21 heavy (non-hydrogen) atoms. The molecule has 0 aliphatic carbocycles. The maximum absolute atomic E-state index is 14.2. The molecule has 0 aromatic heterocycles. The Bertz CT molecular complexity index is 613. The number of carbonyl (C=O) groups is 1. The number of nitrogens with two attached hydrogens (primary N) is 1. The molecule has 2 aromatic carbocycles. The lowest BCUT2D eigenvalue weighted by Crippen LogP contribution is -2.33. The van der Waals surface area contributed by atoms with Crippen molar-refractivity contribution < 1.29 is 9.18 Å². The molecule has 0 fully saturated rings. The van der Waals surface area contributed by atoms with Gasteiger partial charge in [-0.3, -0.25) is 4.79 Å². The van der Waals surface area contributed by atoms with Crippen molar-refractivity contribution >= 4 is 11.6 Å². The molecule has 2 N–H and O–H groups in total. The van der Waals surface area contributed by atoms with Crippen LogP contribution in [0.25, 0.3) is 0 Å². The molecule has 0 bridgehead atoms. The van der Waals surface area contributed by atoms with Crippen molar-refractivity contribution in [3.63, 3.8) is 0 Å². The molecule has 0 spiro atoms. The van der Waals surface area contributed by atoms with E-state index in [4.69, 9.17) is 5.73 Å². The number of aryl methyl sites for hydroxylation is 1. The molecule has 0 radical (unpaired) electrons. The number of anilines is 1. The van der Waals surface area contributed by atoms with Crippen LogP contribution in [0.4, 0.5) is 10.1 Å². The number of para-hydroxylation sites is 1. The summed E-state index contributed by atoms with van der Waals surface area (Å²) < 4.78 is 14.2. The van der Waals surface area contributed by atoms with Gasteiger partial charge < -0.3 is 10.6 Å². The van der Waals surface area contributed by atoms with E-state index in [-0.39, 0.29) is 11.5 Å². The Morgan fingerprint density at radius 1 is 1.14 bits per heavy atom. The number of hydrogen-bond acceptors (Lipinski definition) is 2. The SMILES string of the molecule is Cc1cccc(C(=O)N(CCCN)c2ccccc2)c1F. The van der Waals surface area contributed by atoms with Crippen molar-refractivity contribution in [2.24, 2.45) is 5.73 Å². The molecule has 0 unspecified atom stereocenters. The highest BCUT2D eigenvalue weighted by molar-refractivity contribution is 6.06. The molecular weight excluding hydrogens is 267 g/mol. The van der Waals surface area contributed by atoms with Gasteiger partial charge in [0, 0.05) is 12.2 Å². The van der Waals surface area contributed by atoms with Gasteiger partial charge in [0.05, 0.1) is 5.56 Å². The number of nitrogens with zero attached hydrogens (tertiary/aromatic N) is 1. The molecule has 0 aliphatic rings. The second-order valence-electron chi connectivity index (χ2n) is 4.87. The number of rotatable bonds is 5. The number of hydrogen-bond donors (Lipinski definition) is 1. The number of benzene rings is 2. The zero-order chi connectivity index (χ0) is 15.2. The standard InChI is InChI=1S/C17H19FN2O/c1-13-7-5-10-15(16(13)18)17(21)20(12-6-11-19)14-8-3-2-4-9-14/h2-5,7-10H,6,11-12,19H2,1H3. The van der Waals surface area contributed by atoms with Crippen LogP contribution >= 0.6 is 0 Å². The van der Waals surface area contributed by atoms with Gasteiger partial charge in [-0.05, 0) is 43.7 Å². The molecule has 3 nitrogen and oxygen atoms in total. The molecule has 0 atom stereocenters. The number of amides is 1. The van der Waals surface area contributed by atoms with Gasteiger partial charge in [-0.25, -0.2) is 4.39 Å². The lowest BCUT2D eigenvalue weighted by Gasteiger charge is -2.23. The average Bonchev–Trinajstić information content (AvgIpc) is 2.51. The first kappa shape index (κ1) is 15.2. The quantitative estimate of drug-likeness (QED) is 0.918. The van der Waals surface area contributed by atoms with Gasteiger partial charge in [0.25, 0.3) is 5.91 Å². The molecule has 0 heterocycles. The van der Waals surface area contributed by atoms with E-state index in [1.807, 2.05) is 30.3 Å². The predicted octanol–water partition coefficient (Wildman–Crippen LogP) is 3.13. The van der Waals surface area contributed by atoms with Gasteiger partial charge in [0.1, 0.15) is 5.82 Å². The first-order valence-electron chi connectivity index (χ1n) is 6.97. The summed E-state index contributed by atoms with van der Waals surface area (Å²) in [5.74, 6) is -0.799. The monoisotopic (exact) mass is 286 g/mol. The van der Waals surface area contributed by atoms with E-state index in [0.29, 0.717) is 25.1 Å². The Hall–Kier alpha value is -2.20. The fourth-order valence-electron chi connectivity index (χ4n) is 2.16. The van der Waals surface area contributed by atoms with Crippen molar-refractivity contribution in [3.8, 4) is 0 Å². The van der Waals surface area contributed by atoms with E-state index in [9.17, 15) is 9.18 Å². The maximum atomic E-state index is 14.2. The average molecular weight is 286 g/mol. The van der Waals surface area contributed by atoms with Gasteiger partial charge in [0.2, 0.25) is 0 Å². The second-order valence-corrected chi connectivity index (χ2v) is 4.87. The highest BCUT2D eigenvalue weighted by Crippen LogP contribution is 2.20. The van der Waals surface area contributed by atoms with E-state index >= 15 is 0 Å². The van der Waals surface area contributed by atoms with E-state index in [1.165, 1.54) is 6.07 Å². The summed E-state index contributed by atoms with van der Waals surface area (Å²) >= 11 is 0. The highest BCUT2D eigenvalue weighted by Gasteiger charge is 2.21. The van der Waals surface area contributed by atoms with Crippen LogP contribution in [0, 0.1) is 12.7 Å². The van der Waals surface area contributed by atoms with Crippen LogP contribution in [-0.2, 0) is 0 Å². The zero-order valence-corrected chi connectivity index (χ0v) is 12.1. The number of halogens is 1. The van der Waals surface area contributed by atoms with Crippen molar-refractivity contribution in [1.82, 2.24) is 0 Å². The van der Waals surface area contributed by atoms with Gasteiger partial charge in [-0.1, -0.05) is 30.3 Å². The Labute approximate surface area is 124 Å². The van der Waals surface area contributed by atoms with Crippen molar-refractivity contribution in [2.45, 2.75) is 13.3 Å². The van der Waals surface area contributed by atoms with Crippen molar-refractivity contribution in [1.29, 1.82) is 0 Å². The van der Waals surface area contributed by atoms with Gasteiger partial charge >= 0.3 is 0 Å². The third kappa shape index (κ3) is 3.47. The van der Waals surface area contributed by atoms with E-state index in [2.05, 4.69) is 0 Å². The van der Waals surface area contributed by atoms with Crippen LogP contribution < -0.4 is 10.6 Å². The van der Waals surface area contributed by atoms with Crippen molar-refractivity contribution in [3.05, 3.63) is 65.5 Å². The fraction of sp³-hybridized carbons (Fsp3) is 0.235. The molecule has 0 saturated heterocycles. The van der Waals surface area contributed by atoms with Gasteiger partial charge in [0.15, 0.2) is 0 Å². The smallest absolute Gasteiger partial charge is 0.261 e. The number of carbonyl (C=O) groups excluding carboxylic acids is 1. The molecular formula is C17H19FN2O. The Morgan fingerprint density at radius 3 is 2.52 bits per heavy atom. The molecule has 0 saturated carbocycles. The van der Waals surface area contributed by atoms with Gasteiger partial charge in [-0.2, -0.15) is 0 Å². The molecule has 1 amide bonds. The topological polar surface area (TPSA) is 46.3 Å². The minimum absolute atomic E-state index is 0.0934. The maximum Gasteiger partial charge on any atom is 0.261 e. The van der Waals surface area contributed by atoms with Crippen LogP contribution in [0.5, 0.6) is 0 Å². The molecule has 2 aromatic rings. The minimum Gasteiger partial charge on any atom is -0.330 e. The summed E-state index contributed by atoms with van der Waals surface area (Å²) in [6.45, 7) is 2.60. The Morgan fingerprint density at radius 2 is 1.86 bits per heavy atom. The summed E-state index contributed by atoms with van der Waals surface area (Å²) in [6, 6.07) is 14.1. The first-order valence-corrected chi connectivity index (χ1v) is 6.97. The normalized spacial score (nSPS) is 10.4. The van der Waals surface area contributed by atoms with Crippen LogP contribution in [0.15, 0.2) is 48.5 Å². The first-order chi connectivity index (χ1) is 10.1. The summed E-state index contributed by atoms with van der Waals surface area (Å²) in [5, 5.41) is 0. The van der Waals surface area contributed by atoms with E-state index < -0.39 is 5.82 Å². The lowest BCUT2D eigenvalue weighted by atomic mass is 10.1. The Kier molecular flexibility index (Phi) is 5.06. The Balaban J connectivity index is 2.36. The van der Waals surface area contributed by atoms with Crippen LogP contribution in [-0.4, -0.2) is 19.0 Å². The van der Waals surface area contributed by atoms with Crippen molar-refractivity contribution in [2.75, 3.05) is 18.0 Å².